The van der Waals surface area contributed by atoms with Gasteiger partial charge >= 0.3 is 0 Å². The van der Waals surface area contributed by atoms with Crippen LogP contribution in [0.25, 0.3) is 0 Å². The summed E-state index contributed by atoms with van der Waals surface area (Å²) in [5.74, 6) is 1.59. The smallest absolute Gasteiger partial charge is 0.208 e. The van der Waals surface area contributed by atoms with E-state index in [1.54, 1.807) is 6.20 Å². The summed E-state index contributed by atoms with van der Waals surface area (Å²) >= 11 is 0. The van der Waals surface area contributed by atoms with E-state index in [2.05, 4.69) is 16.4 Å². The molecular formula is C9H13N3O. The van der Waals surface area contributed by atoms with Crippen molar-refractivity contribution in [1.29, 1.82) is 5.26 Å². The van der Waals surface area contributed by atoms with Gasteiger partial charge in [0.15, 0.2) is 0 Å². The molecule has 0 bridgehead atoms. The van der Waals surface area contributed by atoms with Crippen LogP contribution in [0.15, 0.2) is 10.6 Å². The highest BCUT2D eigenvalue weighted by Crippen LogP contribution is 2.03. The van der Waals surface area contributed by atoms with Crippen LogP contribution < -0.4 is 5.32 Å². The van der Waals surface area contributed by atoms with E-state index in [0.717, 1.165) is 12.2 Å². The Bertz CT molecular complexity index is 287. The van der Waals surface area contributed by atoms with Crippen LogP contribution in [-0.2, 0) is 13.0 Å². The third-order valence-electron chi connectivity index (χ3n) is 1.64. The predicted octanol–water partition coefficient (Wildman–Crippen LogP) is 1.24. The van der Waals surface area contributed by atoms with Gasteiger partial charge in [-0.1, -0.05) is 6.92 Å². The first-order chi connectivity index (χ1) is 6.36. The molecule has 70 valence electrons. The van der Waals surface area contributed by atoms with Gasteiger partial charge in [0.1, 0.15) is 5.76 Å². The molecule has 4 nitrogen and oxygen atoms in total. The Balaban J connectivity index is 2.25. The maximum absolute atomic E-state index is 8.28. The minimum absolute atomic E-state index is 0.515. The monoisotopic (exact) mass is 179 g/mol. The van der Waals surface area contributed by atoms with Gasteiger partial charge in [0.05, 0.1) is 18.8 Å². The highest BCUT2D eigenvalue weighted by Gasteiger charge is 2.00. The highest BCUT2D eigenvalue weighted by molar-refractivity contribution is 4.93. The van der Waals surface area contributed by atoms with Gasteiger partial charge < -0.3 is 9.73 Å². The minimum atomic E-state index is 0.515. The predicted molar refractivity (Wildman–Crippen MR) is 47.8 cm³/mol. The zero-order valence-electron chi connectivity index (χ0n) is 7.71. The molecular weight excluding hydrogens is 166 g/mol. The van der Waals surface area contributed by atoms with E-state index in [9.17, 15) is 0 Å². The number of rotatable bonds is 5. The molecule has 1 rings (SSSR count). The van der Waals surface area contributed by atoms with Crippen LogP contribution in [0.5, 0.6) is 0 Å². The van der Waals surface area contributed by atoms with Crippen molar-refractivity contribution < 1.29 is 4.42 Å². The second-order valence-electron chi connectivity index (χ2n) is 2.66. The summed E-state index contributed by atoms with van der Waals surface area (Å²) in [6, 6.07) is 2.06. The molecule has 4 heteroatoms. The first-order valence-corrected chi connectivity index (χ1v) is 4.38. The Morgan fingerprint density at radius 2 is 2.54 bits per heavy atom. The summed E-state index contributed by atoms with van der Waals surface area (Å²) in [6.45, 7) is 3.30. The molecule has 13 heavy (non-hydrogen) atoms. The van der Waals surface area contributed by atoms with Gasteiger partial charge in [-0.3, -0.25) is 0 Å². The molecule has 0 saturated heterocycles. The molecule has 0 aliphatic heterocycles. The van der Waals surface area contributed by atoms with Crippen LogP contribution in [0.4, 0.5) is 0 Å². The molecule has 0 amide bonds. The number of aryl methyl sites for hydroxylation is 1. The van der Waals surface area contributed by atoms with Crippen molar-refractivity contribution in [3.8, 4) is 6.07 Å². The maximum atomic E-state index is 8.28. The fourth-order valence-electron chi connectivity index (χ4n) is 0.933. The fourth-order valence-corrected chi connectivity index (χ4v) is 0.933. The summed E-state index contributed by atoms with van der Waals surface area (Å²) in [5.41, 5.74) is 0. The highest BCUT2D eigenvalue weighted by atomic mass is 16.4. The summed E-state index contributed by atoms with van der Waals surface area (Å²) in [5, 5.41) is 11.3. The van der Waals surface area contributed by atoms with Gasteiger partial charge in [-0.25, -0.2) is 4.98 Å². The van der Waals surface area contributed by atoms with Crippen LogP contribution in [0, 0.1) is 11.3 Å². The van der Waals surface area contributed by atoms with E-state index in [0.29, 0.717) is 25.4 Å². The Morgan fingerprint density at radius 1 is 1.69 bits per heavy atom. The Hall–Kier alpha value is -1.34. The number of hydrogen-bond donors (Lipinski definition) is 1. The minimum Gasteiger partial charge on any atom is -0.444 e. The molecule has 1 heterocycles. The third kappa shape index (κ3) is 3.26. The van der Waals surface area contributed by atoms with E-state index in [-0.39, 0.29) is 0 Å². The maximum Gasteiger partial charge on any atom is 0.208 e. The lowest BCUT2D eigenvalue weighted by Gasteiger charge is -1.96. The van der Waals surface area contributed by atoms with Crippen LogP contribution in [0.3, 0.4) is 0 Å². The lowest BCUT2D eigenvalue weighted by molar-refractivity contribution is 0.440. The largest absolute Gasteiger partial charge is 0.444 e. The SMILES string of the molecule is CCc1cnc(CNCCC#N)o1. The third-order valence-corrected chi connectivity index (χ3v) is 1.64. The van der Waals surface area contributed by atoms with Gasteiger partial charge in [-0.2, -0.15) is 5.26 Å². The summed E-state index contributed by atoms with van der Waals surface area (Å²) in [7, 11) is 0. The molecule has 0 aliphatic carbocycles. The number of oxazole rings is 1. The molecule has 0 unspecified atom stereocenters. The summed E-state index contributed by atoms with van der Waals surface area (Å²) in [4.78, 5) is 4.07. The topological polar surface area (TPSA) is 61.9 Å². The standard InChI is InChI=1S/C9H13N3O/c1-2-8-6-12-9(13-8)7-11-5-3-4-10/h6,11H,2-3,5,7H2,1H3. The van der Waals surface area contributed by atoms with Gasteiger partial charge in [0.25, 0.3) is 0 Å². The molecule has 0 fully saturated rings. The summed E-state index contributed by atoms with van der Waals surface area (Å²) in [6.07, 6.45) is 3.12. The van der Waals surface area contributed by atoms with E-state index in [1.807, 2.05) is 6.92 Å². The van der Waals surface area contributed by atoms with E-state index in [4.69, 9.17) is 9.68 Å². The molecule has 0 atom stereocenters. The first kappa shape index (κ1) is 9.75. The van der Waals surface area contributed by atoms with Gasteiger partial charge in [0, 0.05) is 19.4 Å². The average molecular weight is 179 g/mol. The van der Waals surface area contributed by atoms with E-state index < -0.39 is 0 Å². The number of aromatic nitrogens is 1. The Labute approximate surface area is 77.6 Å². The number of nitrogens with zero attached hydrogens (tertiary/aromatic N) is 2. The van der Waals surface area contributed by atoms with Crippen molar-refractivity contribution in [2.75, 3.05) is 6.54 Å². The zero-order valence-corrected chi connectivity index (χ0v) is 7.71. The van der Waals surface area contributed by atoms with Crippen LogP contribution in [0.1, 0.15) is 25.0 Å². The molecule has 0 saturated carbocycles. The van der Waals surface area contributed by atoms with Gasteiger partial charge in [-0.05, 0) is 0 Å². The Morgan fingerprint density at radius 3 is 3.15 bits per heavy atom. The molecule has 1 N–H and O–H groups in total. The van der Waals surface area contributed by atoms with Crippen molar-refractivity contribution in [2.24, 2.45) is 0 Å². The van der Waals surface area contributed by atoms with Crippen LogP contribution in [-0.4, -0.2) is 11.5 Å². The number of hydrogen-bond acceptors (Lipinski definition) is 4. The van der Waals surface area contributed by atoms with Gasteiger partial charge in [-0.15, -0.1) is 0 Å². The number of nitriles is 1. The normalized spacial score (nSPS) is 9.85. The van der Waals surface area contributed by atoms with Gasteiger partial charge in [0.2, 0.25) is 5.89 Å². The quantitative estimate of drug-likeness (QED) is 0.691. The first-order valence-electron chi connectivity index (χ1n) is 4.38. The zero-order chi connectivity index (χ0) is 9.52. The lowest BCUT2D eigenvalue weighted by atomic mass is 10.4. The fraction of sp³-hybridized carbons (Fsp3) is 0.556. The van der Waals surface area contributed by atoms with Crippen molar-refractivity contribution in [3.05, 3.63) is 17.8 Å². The molecule has 1 aromatic heterocycles. The number of nitrogens with one attached hydrogen (secondary N) is 1. The van der Waals surface area contributed by atoms with Crippen molar-refractivity contribution >= 4 is 0 Å². The Kier molecular flexibility index (Phi) is 4.00. The van der Waals surface area contributed by atoms with Crippen LogP contribution >= 0.6 is 0 Å². The second-order valence-corrected chi connectivity index (χ2v) is 2.66. The molecule has 0 spiro atoms. The van der Waals surface area contributed by atoms with Crippen LogP contribution in [0.2, 0.25) is 0 Å². The van der Waals surface area contributed by atoms with E-state index in [1.165, 1.54) is 0 Å². The van der Waals surface area contributed by atoms with Crippen molar-refractivity contribution in [3.63, 3.8) is 0 Å². The molecule has 0 radical (unpaired) electrons. The average Bonchev–Trinajstić information content (AvgIpc) is 2.60. The van der Waals surface area contributed by atoms with Crippen molar-refractivity contribution in [2.45, 2.75) is 26.3 Å². The molecule has 1 aromatic rings. The lowest BCUT2D eigenvalue weighted by Crippen LogP contribution is -2.14. The van der Waals surface area contributed by atoms with E-state index >= 15 is 0 Å². The van der Waals surface area contributed by atoms with Crippen molar-refractivity contribution in [1.82, 2.24) is 10.3 Å². The summed E-state index contributed by atoms with van der Waals surface area (Å²) < 4.78 is 5.36. The molecule has 0 aliphatic rings. The second kappa shape index (κ2) is 5.33. The molecule has 0 aromatic carbocycles.